The first-order valence-corrected chi connectivity index (χ1v) is 14.0. The van der Waals surface area contributed by atoms with E-state index in [2.05, 4.69) is 26.7 Å². The van der Waals surface area contributed by atoms with Gasteiger partial charge in [-0.25, -0.2) is 22.5 Å². The Morgan fingerprint density at radius 2 is 1.84 bits per heavy atom. The number of sulfonamides is 1. The van der Waals surface area contributed by atoms with Crippen molar-refractivity contribution in [2.75, 3.05) is 37.7 Å². The summed E-state index contributed by atoms with van der Waals surface area (Å²) < 4.78 is 62.9. The zero-order valence-corrected chi connectivity index (χ0v) is 21.0. The molecule has 2 saturated heterocycles. The number of halogens is 2. The average Bonchev–Trinajstić information content (AvgIpc) is 2.82. The summed E-state index contributed by atoms with van der Waals surface area (Å²) in [6, 6.07) is 15.9. The third-order valence-electron chi connectivity index (χ3n) is 7.57. The van der Waals surface area contributed by atoms with Crippen LogP contribution in [0.15, 0.2) is 65.7 Å². The number of nitrogens with zero attached hydrogens (tertiary/aromatic N) is 3. The molecule has 2 atom stereocenters. The van der Waals surface area contributed by atoms with Gasteiger partial charge in [-0.3, -0.25) is 4.90 Å². The lowest BCUT2D eigenvalue weighted by molar-refractivity contribution is 0.0500. The third kappa shape index (κ3) is 4.69. The van der Waals surface area contributed by atoms with Crippen LogP contribution in [0.1, 0.15) is 23.5 Å². The Bertz CT molecular complexity index is 1400. The number of pyridine rings is 1. The van der Waals surface area contributed by atoms with Crippen molar-refractivity contribution in [2.45, 2.75) is 35.7 Å². The highest BCUT2D eigenvalue weighted by Gasteiger charge is 2.39. The highest BCUT2D eigenvalue weighted by atomic mass is 32.2. The predicted molar refractivity (Wildman–Crippen MR) is 135 cm³/mol. The molecule has 3 aromatic rings. The first-order valence-electron chi connectivity index (χ1n) is 12.5. The molecule has 2 fully saturated rings. The lowest BCUT2D eigenvalue weighted by Gasteiger charge is -2.46. The maximum atomic E-state index is 15.2. The highest BCUT2D eigenvalue weighted by molar-refractivity contribution is 7.89. The van der Waals surface area contributed by atoms with Crippen LogP contribution >= 0.6 is 0 Å². The lowest BCUT2D eigenvalue weighted by Crippen LogP contribution is -2.59. The molecule has 0 radical (unpaired) electrons. The Labute approximate surface area is 215 Å². The summed E-state index contributed by atoms with van der Waals surface area (Å²) in [5.41, 5.74) is 2.62. The molecule has 10 heteroatoms. The van der Waals surface area contributed by atoms with Crippen molar-refractivity contribution in [3.63, 3.8) is 0 Å². The summed E-state index contributed by atoms with van der Waals surface area (Å²) in [7, 11) is -4.07. The Morgan fingerprint density at radius 1 is 1.05 bits per heavy atom. The molecular formula is C27H28F2N4O3S. The van der Waals surface area contributed by atoms with E-state index in [0.717, 1.165) is 25.1 Å². The second kappa shape index (κ2) is 9.66. The van der Waals surface area contributed by atoms with Crippen molar-refractivity contribution in [2.24, 2.45) is 0 Å². The van der Waals surface area contributed by atoms with E-state index in [4.69, 9.17) is 4.74 Å². The van der Waals surface area contributed by atoms with E-state index in [9.17, 15) is 12.8 Å². The third-order valence-corrected chi connectivity index (χ3v) is 9.10. The van der Waals surface area contributed by atoms with E-state index in [1.165, 1.54) is 36.4 Å². The van der Waals surface area contributed by atoms with Gasteiger partial charge in [0.15, 0.2) is 0 Å². The van der Waals surface area contributed by atoms with Crippen LogP contribution in [0.3, 0.4) is 0 Å². The highest BCUT2D eigenvalue weighted by Crippen LogP contribution is 2.43. The summed E-state index contributed by atoms with van der Waals surface area (Å²) >= 11 is 0. The summed E-state index contributed by atoms with van der Waals surface area (Å²) in [6.07, 6.45) is 3.19. The van der Waals surface area contributed by atoms with Gasteiger partial charge in [-0.15, -0.1) is 0 Å². The van der Waals surface area contributed by atoms with Gasteiger partial charge in [-0.1, -0.05) is 30.3 Å². The van der Waals surface area contributed by atoms with Gasteiger partial charge in [-0.05, 0) is 49.7 Å². The number of hydrogen-bond donors (Lipinski definition) is 1. The minimum atomic E-state index is -4.07. The molecule has 3 aliphatic rings. The fourth-order valence-electron chi connectivity index (χ4n) is 5.47. The van der Waals surface area contributed by atoms with E-state index >= 15 is 4.39 Å². The molecule has 0 unspecified atom stereocenters. The van der Waals surface area contributed by atoms with Crippen LogP contribution in [0.4, 0.5) is 14.5 Å². The largest absolute Gasteiger partial charge is 0.492 e. The maximum absolute atomic E-state index is 15.2. The molecule has 0 saturated carbocycles. The first kappa shape index (κ1) is 24.3. The van der Waals surface area contributed by atoms with Crippen LogP contribution in [0.5, 0.6) is 5.75 Å². The monoisotopic (exact) mass is 526 g/mol. The molecule has 7 nitrogen and oxygen atoms in total. The minimum Gasteiger partial charge on any atom is -0.492 e. The molecule has 1 aromatic heterocycles. The number of anilines is 1. The Balaban J connectivity index is 1.23. The number of fused-ring (bicyclic) bond motifs is 1. The van der Waals surface area contributed by atoms with Crippen molar-refractivity contribution in [1.29, 1.82) is 0 Å². The van der Waals surface area contributed by atoms with Crippen LogP contribution in [-0.2, 0) is 16.4 Å². The SMILES string of the molecule is O=S(=O)(NC1CN(c2cc3c(cc2F)OC[C@H](N2CCC2)[C@@H]3Cc2ccccc2)C1)c1cccnc1F. The van der Waals surface area contributed by atoms with E-state index in [1.807, 2.05) is 24.3 Å². The normalized spacial score (nSPS) is 22.1. The van der Waals surface area contributed by atoms with E-state index in [1.54, 1.807) is 4.90 Å². The van der Waals surface area contributed by atoms with Gasteiger partial charge in [0.25, 0.3) is 0 Å². The minimum absolute atomic E-state index is 0.148. The number of hydrogen-bond acceptors (Lipinski definition) is 6. The van der Waals surface area contributed by atoms with Crippen molar-refractivity contribution in [3.05, 3.63) is 83.7 Å². The maximum Gasteiger partial charge on any atom is 0.245 e. The van der Waals surface area contributed by atoms with Crippen LogP contribution in [0.25, 0.3) is 0 Å². The van der Waals surface area contributed by atoms with E-state index < -0.39 is 32.7 Å². The summed E-state index contributed by atoms with van der Waals surface area (Å²) in [5.74, 6) is -0.730. The van der Waals surface area contributed by atoms with Crippen molar-refractivity contribution in [3.8, 4) is 5.75 Å². The van der Waals surface area contributed by atoms with E-state index in [0.29, 0.717) is 18.0 Å². The van der Waals surface area contributed by atoms with Crippen LogP contribution in [0.2, 0.25) is 0 Å². The smallest absolute Gasteiger partial charge is 0.245 e. The molecule has 0 aliphatic carbocycles. The molecule has 4 heterocycles. The van der Waals surface area contributed by atoms with Crippen LogP contribution < -0.4 is 14.4 Å². The molecule has 0 spiro atoms. The van der Waals surface area contributed by atoms with Gasteiger partial charge in [0.2, 0.25) is 16.0 Å². The first-order chi connectivity index (χ1) is 17.9. The number of likely N-dealkylation sites (tertiary alicyclic amines) is 1. The molecule has 37 heavy (non-hydrogen) atoms. The standard InChI is InChI=1S/C27H28F2N4O3S/c28-22-14-25-21(20(12-18-6-2-1-3-7-18)24(17-36-25)32-10-5-11-32)13-23(22)33-15-19(16-33)31-37(34,35)26-8-4-9-30-27(26)29/h1-4,6-9,13-14,19-20,24,31H,5,10-12,15-17H2/t20-,24+/m1/s1. The second-order valence-corrected chi connectivity index (χ2v) is 11.6. The van der Waals surface area contributed by atoms with Crippen LogP contribution in [-0.4, -0.2) is 63.2 Å². The molecule has 2 aromatic carbocycles. The van der Waals surface area contributed by atoms with Gasteiger partial charge >= 0.3 is 0 Å². The zero-order chi connectivity index (χ0) is 25.6. The van der Waals surface area contributed by atoms with Crippen LogP contribution in [0, 0.1) is 11.8 Å². The van der Waals surface area contributed by atoms with Gasteiger partial charge in [0.05, 0.1) is 17.8 Å². The topological polar surface area (TPSA) is 74.8 Å². The number of nitrogens with one attached hydrogen (secondary N) is 1. The van der Waals surface area contributed by atoms with Crippen molar-refractivity contribution < 1.29 is 21.9 Å². The number of aromatic nitrogens is 1. The fourth-order valence-corrected chi connectivity index (χ4v) is 6.71. The number of benzene rings is 2. The molecule has 0 bridgehead atoms. The van der Waals surface area contributed by atoms with Gasteiger partial charge in [-0.2, -0.15) is 4.39 Å². The fraction of sp³-hybridized carbons (Fsp3) is 0.370. The zero-order valence-electron chi connectivity index (χ0n) is 20.2. The van der Waals surface area contributed by atoms with Gasteiger partial charge in [0.1, 0.15) is 23.1 Å². The molecule has 194 valence electrons. The Morgan fingerprint density at radius 3 is 2.54 bits per heavy atom. The van der Waals surface area contributed by atoms with E-state index in [-0.39, 0.29) is 25.0 Å². The van der Waals surface area contributed by atoms with Gasteiger partial charge < -0.3 is 9.64 Å². The van der Waals surface area contributed by atoms with Crippen molar-refractivity contribution in [1.82, 2.24) is 14.6 Å². The summed E-state index contributed by atoms with van der Waals surface area (Å²) in [4.78, 5) is 7.16. The lowest BCUT2D eigenvalue weighted by atomic mass is 9.82. The quantitative estimate of drug-likeness (QED) is 0.476. The summed E-state index contributed by atoms with van der Waals surface area (Å²) in [5, 5.41) is 0. The molecule has 6 rings (SSSR count). The Kier molecular flexibility index (Phi) is 6.34. The average molecular weight is 527 g/mol. The molecule has 3 aliphatic heterocycles. The predicted octanol–water partition coefficient (Wildman–Crippen LogP) is 3.32. The molecular weight excluding hydrogens is 498 g/mol. The number of ether oxygens (including phenoxy) is 1. The second-order valence-electron chi connectivity index (χ2n) is 9.92. The molecule has 1 N–H and O–H groups in total. The van der Waals surface area contributed by atoms with Crippen molar-refractivity contribution >= 4 is 15.7 Å². The van der Waals surface area contributed by atoms with Gasteiger partial charge in [0, 0.05) is 36.8 Å². The summed E-state index contributed by atoms with van der Waals surface area (Å²) in [6.45, 7) is 3.15. The molecule has 0 amide bonds. The Hall–Kier alpha value is -3.08. The number of rotatable bonds is 7.